The van der Waals surface area contributed by atoms with Gasteiger partial charge in [-0.2, -0.15) is 0 Å². The number of benzene rings is 2. The Morgan fingerprint density at radius 1 is 1.14 bits per heavy atom. The quantitative estimate of drug-likeness (QED) is 0.504. The van der Waals surface area contributed by atoms with Crippen molar-refractivity contribution in [2.75, 3.05) is 14.2 Å². The van der Waals surface area contributed by atoms with Crippen molar-refractivity contribution in [2.45, 2.75) is 6.42 Å². The van der Waals surface area contributed by atoms with E-state index in [-0.39, 0.29) is 17.1 Å². The molecule has 7 heteroatoms. The molecule has 29 heavy (non-hydrogen) atoms. The van der Waals surface area contributed by atoms with E-state index in [2.05, 4.69) is 4.98 Å². The van der Waals surface area contributed by atoms with E-state index in [4.69, 9.17) is 14.6 Å². The van der Waals surface area contributed by atoms with E-state index >= 15 is 0 Å². The predicted octanol–water partition coefficient (Wildman–Crippen LogP) is 3.86. The number of aliphatic carboxylic acids is 1. The molecule has 0 bridgehead atoms. The molecule has 1 aromatic heterocycles. The van der Waals surface area contributed by atoms with Crippen LogP contribution < -0.4 is 4.74 Å². The van der Waals surface area contributed by atoms with Crippen molar-refractivity contribution in [1.82, 2.24) is 4.98 Å². The number of ether oxygens (including phenoxy) is 2. The Morgan fingerprint density at radius 3 is 2.48 bits per heavy atom. The molecule has 1 heterocycles. The van der Waals surface area contributed by atoms with Gasteiger partial charge in [-0.05, 0) is 53.5 Å². The molecule has 0 aliphatic carbocycles. The van der Waals surface area contributed by atoms with Gasteiger partial charge < -0.3 is 14.6 Å². The highest BCUT2D eigenvalue weighted by Crippen LogP contribution is 2.33. The van der Waals surface area contributed by atoms with Crippen LogP contribution in [-0.4, -0.2) is 36.2 Å². The van der Waals surface area contributed by atoms with E-state index in [0.717, 1.165) is 17.2 Å². The molecular formula is C22H18FNO5. The molecule has 0 amide bonds. The van der Waals surface area contributed by atoms with Crippen LogP contribution in [-0.2, 0) is 16.0 Å². The van der Waals surface area contributed by atoms with Crippen molar-refractivity contribution in [1.29, 1.82) is 0 Å². The molecule has 0 aliphatic heterocycles. The first-order chi connectivity index (χ1) is 13.9. The summed E-state index contributed by atoms with van der Waals surface area (Å²) in [6, 6.07) is 9.50. The highest BCUT2D eigenvalue weighted by atomic mass is 19.1. The zero-order valence-electron chi connectivity index (χ0n) is 15.8. The summed E-state index contributed by atoms with van der Waals surface area (Å²) >= 11 is 0. The van der Waals surface area contributed by atoms with Gasteiger partial charge in [0, 0.05) is 17.7 Å². The largest absolute Gasteiger partial charge is 0.494 e. The lowest BCUT2D eigenvalue weighted by Gasteiger charge is -2.13. The standard InChI is InChI=1S/C22H18FNO5/c1-28-21-18(22(27)29-2)11-15(5-8-19(25)26)17-10-14(12-24-20(17)21)9-13-3-6-16(23)7-4-13/h3-8,10-12H,9H2,1-2H3,(H,25,26)/b8-5+. The molecule has 3 aromatic rings. The van der Waals surface area contributed by atoms with E-state index in [1.54, 1.807) is 18.3 Å². The summed E-state index contributed by atoms with van der Waals surface area (Å²) in [5, 5.41) is 9.61. The summed E-state index contributed by atoms with van der Waals surface area (Å²) in [6.07, 6.45) is 4.52. The van der Waals surface area contributed by atoms with Crippen molar-refractivity contribution in [2.24, 2.45) is 0 Å². The van der Waals surface area contributed by atoms with Crippen LogP contribution in [0, 0.1) is 5.82 Å². The molecule has 6 nitrogen and oxygen atoms in total. The summed E-state index contributed by atoms with van der Waals surface area (Å²) in [5.41, 5.74) is 2.77. The van der Waals surface area contributed by atoms with Crippen molar-refractivity contribution in [3.63, 3.8) is 0 Å². The third kappa shape index (κ3) is 4.40. The molecule has 0 saturated carbocycles. The Hall–Kier alpha value is -3.74. The van der Waals surface area contributed by atoms with Crippen molar-refractivity contribution < 1.29 is 28.6 Å². The first-order valence-corrected chi connectivity index (χ1v) is 8.66. The topological polar surface area (TPSA) is 85.7 Å². The van der Waals surface area contributed by atoms with Crippen LogP contribution in [0.2, 0.25) is 0 Å². The molecule has 0 radical (unpaired) electrons. The fourth-order valence-electron chi connectivity index (χ4n) is 3.04. The summed E-state index contributed by atoms with van der Waals surface area (Å²) in [6.45, 7) is 0. The zero-order chi connectivity index (χ0) is 21.0. The minimum atomic E-state index is -1.12. The molecule has 0 aliphatic rings. The fraction of sp³-hybridized carbons (Fsp3) is 0.136. The first kappa shape index (κ1) is 20.0. The number of carbonyl (C=O) groups is 2. The smallest absolute Gasteiger partial charge is 0.341 e. The Morgan fingerprint density at radius 2 is 1.86 bits per heavy atom. The lowest BCUT2D eigenvalue weighted by molar-refractivity contribution is -0.131. The van der Waals surface area contributed by atoms with E-state index in [1.807, 2.05) is 6.07 Å². The highest BCUT2D eigenvalue weighted by Gasteiger charge is 2.19. The summed E-state index contributed by atoms with van der Waals surface area (Å²) < 4.78 is 23.3. The predicted molar refractivity (Wildman–Crippen MR) is 106 cm³/mol. The number of aromatic nitrogens is 1. The van der Waals surface area contributed by atoms with Crippen LogP contribution in [0.5, 0.6) is 5.75 Å². The number of hydrogen-bond acceptors (Lipinski definition) is 5. The third-order valence-electron chi connectivity index (χ3n) is 4.35. The molecule has 0 fully saturated rings. The van der Waals surface area contributed by atoms with Crippen LogP contribution in [0.15, 0.2) is 48.7 Å². The lowest BCUT2D eigenvalue weighted by atomic mass is 9.99. The number of hydrogen-bond donors (Lipinski definition) is 1. The number of carboxylic acids is 1. The van der Waals surface area contributed by atoms with Crippen LogP contribution in [0.25, 0.3) is 17.0 Å². The molecule has 148 valence electrons. The van der Waals surface area contributed by atoms with Crippen LogP contribution >= 0.6 is 0 Å². The molecule has 0 saturated heterocycles. The average molecular weight is 395 g/mol. The number of fused-ring (bicyclic) bond motifs is 1. The molecule has 0 unspecified atom stereocenters. The summed E-state index contributed by atoms with van der Waals surface area (Å²) in [7, 11) is 2.67. The number of nitrogens with zero attached hydrogens (tertiary/aromatic N) is 1. The first-order valence-electron chi connectivity index (χ1n) is 8.66. The van der Waals surface area contributed by atoms with E-state index < -0.39 is 11.9 Å². The Balaban J connectivity index is 2.17. The van der Waals surface area contributed by atoms with E-state index in [0.29, 0.717) is 22.9 Å². The lowest BCUT2D eigenvalue weighted by Crippen LogP contribution is -2.06. The maximum absolute atomic E-state index is 13.1. The van der Waals surface area contributed by atoms with Gasteiger partial charge in [0.25, 0.3) is 0 Å². The van der Waals surface area contributed by atoms with E-state index in [9.17, 15) is 14.0 Å². The van der Waals surface area contributed by atoms with Crippen molar-refractivity contribution in [3.8, 4) is 5.75 Å². The van der Waals surface area contributed by atoms with Gasteiger partial charge in [-0.3, -0.25) is 4.98 Å². The van der Waals surface area contributed by atoms with Crippen LogP contribution in [0.1, 0.15) is 27.0 Å². The Bertz CT molecular complexity index is 1110. The number of rotatable bonds is 6. The number of methoxy groups -OCH3 is 2. The maximum atomic E-state index is 13.1. The number of carboxylic acid groups (broad SMARTS) is 1. The van der Waals surface area contributed by atoms with Gasteiger partial charge in [0.15, 0.2) is 5.75 Å². The second kappa shape index (κ2) is 8.52. The highest BCUT2D eigenvalue weighted by molar-refractivity contribution is 6.04. The maximum Gasteiger partial charge on any atom is 0.341 e. The molecule has 0 atom stereocenters. The summed E-state index contributed by atoms with van der Waals surface area (Å²) in [4.78, 5) is 27.6. The van der Waals surface area contributed by atoms with Gasteiger partial charge in [-0.1, -0.05) is 12.1 Å². The average Bonchev–Trinajstić information content (AvgIpc) is 2.72. The SMILES string of the molecule is COC(=O)c1cc(/C=C/C(=O)O)c2cc(Cc3ccc(F)cc3)cnc2c1OC. The molecule has 2 aromatic carbocycles. The third-order valence-corrected chi connectivity index (χ3v) is 4.35. The molecule has 3 rings (SSSR count). The minimum Gasteiger partial charge on any atom is -0.494 e. The number of esters is 1. The second-order valence-electron chi connectivity index (χ2n) is 6.25. The molecule has 1 N–H and O–H groups in total. The van der Waals surface area contributed by atoms with E-state index in [1.165, 1.54) is 38.5 Å². The second-order valence-corrected chi connectivity index (χ2v) is 6.25. The molecular weight excluding hydrogens is 377 g/mol. The Labute approximate surface area is 166 Å². The van der Waals surface area contributed by atoms with Gasteiger partial charge in [0.05, 0.1) is 14.2 Å². The van der Waals surface area contributed by atoms with Gasteiger partial charge >= 0.3 is 11.9 Å². The van der Waals surface area contributed by atoms with Crippen molar-refractivity contribution in [3.05, 3.63) is 76.7 Å². The number of halogens is 1. The van der Waals surface area contributed by atoms with Gasteiger partial charge in [-0.25, -0.2) is 14.0 Å². The normalized spacial score (nSPS) is 11.0. The zero-order valence-corrected chi connectivity index (χ0v) is 15.8. The van der Waals surface area contributed by atoms with Gasteiger partial charge in [-0.15, -0.1) is 0 Å². The van der Waals surface area contributed by atoms with Crippen molar-refractivity contribution >= 4 is 28.9 Å². The fourth-order valence-corrected chi connectivity index (χ4v) is 3.04. The van der Waals surface area contributed by atoms with Crippen LogP contribution in [0.4, 0.5) is 4.39 Å². The minimum absolute atomic E-state index is 0.145. The monoisotopic (exact) mass is 395 g/mol. The van der Waals surface area contributed by atoms with Gasteiger partial charge in [0.1, 0.15) is 16.9 Å². The van der Waals surface area contributed by atoms with Crippen LogP contribution in [0.3, 0.4) is 0 Å². The number of pyridine rings is 1. The Kier molecular flexibility index (Phi) is 5.87. The summed E-state index contributed by atoms with van der Waals surface area (Å²) in [5.74, 6) is -1.81. The molecule has 0 spiro atoms. The number of carbonyl (C=O) groups excluding carboxylic acids is 1. The van der Waals surface area contributed by atoms with Gasteiger partial charge in [0.2, 0.25) is 0 Å².